The zero-order valence-electron chi connectivity index (χ0n) is 6.44. The van der Waals surface area contributed by atoms with Crippen LogP contribution in [0.25, 0.3) is 0 Å². The Kier molecular flexibility index (Phi) is 2.29. The minimum atomic E-state index is -0.841. The van der Waals surface area contributed by atoms with E-state index in [9.17, 15) is 0 Å². The van der Waals surface area contributed by atoms with Gasteiger partial charge in [0, 0.05) is 0 Å². The fourth-order valence-corrected chi connectivity index (χ4v) is 3.69. The van der Waals surface area contributed by atoms with Crippen LogP contribution in [0.2, 0.25) is 0 Å². The number of halogens is 1. The minimum absolute atomic E-state index is 0.841. The summed E-state index contributed by atoms with van der Waals surface area (Å²) >= 11 is -0.841. The number of hydrogen-bond donors (Lipinski definition) is 0. The molecule has 1 aromatic rings. The third-order valence-electron chi connectivity index (χ3n) is 2.32. The van der Waals surface area contributed by atoms with Crippen LogP contribution in [0.15, 0.2) is 18.2 Å². The van der Waals surface area contributed by atoms with E-state index in [-0.39, 0.29) is 0 Å². The Morgan fingerprint density at radius 2 is 2.00 bits per heavy atom. The van der Waals surface area contributed by atoms with Gasteiger partial charge in [0.2, 0.25) is 0 Å². The van der Waals surface area contributed by atoms with E-state index in [0.717, 1.165) is 0 Å². The zero-order valence-corrected chi connectivity index (χ0v) is 10.2. The first kappa shape index (κ1) is 7.77. The van der Waals surface area contributed by atoms with Crippen molar-refractivity contribution in [2.24, 2.45) is 0 Å². The van der Waals surface area contributed by atoms with Crippen molar-refractivity contribution in [1.29, 1.82) is 0 Å². The van der Waals surface area contributed by atoms with Crippen molar-refractivity contribution >= 4 is 13.8 Å². The van der Waals surface area contributed by atoms with Gasteiger partial charge in [-0.1, -0.05) is 0 Å². The molecule has 2 heteroatoms. The number of hydrogen-bond acceptors (Lipinski definition) is 0. The second-order valence-electron chi connectivity index (χ2n) is 3.09. The Hall–Kier alpha value is 0.133. The first-order valence-electron chi connectivity index (χ1n) is 4.07. The van der Waals surface area contributed by atoms with Gasteiger partial charge in [-0.25, -0.2) is 0 Å². The summed E-state index contributed by atoms with van der Waals surface area (Å²) in [6.07, 6.45) is 3.90. The summed E-state index contributed by atoms with van der Waals surface area (Å²) in [5, 5.41) is 0. The Bertz CT molecular complexity index is 270. The summed E-state index contributed by atoms with van der Waals surface area (Å²) in [4.78, 5) is 0. The maximum absolute atomic E-state index is 5.92. The van der Waals surface area contributed by atoms with Gasteiger partial charge in [0.15, 0.2) is 0 Å². The second kappa shape index (κ2) is 3.25. The Labute approximate surface area is 78.6 Å². The molecular weight excluding hydrogens is 209 g/mol. The van der Waals surface area contributed by atoms with Crippen LogP contribution in [0, 0.1) is 0 Å². The van der Waals surface area contributed by atoms with Gasteiger partial charge in [-0.3, -0.25) is 0 Å². The van der Waals surface area contributed by atoms with Gasteiger partial charge < -0.3 is 0 Å². The molecule has 0 N–H and O–H groups in total. The molecule has 11 heavy (non-hydrogen) atoms. The Balaban J connectivity index is 2.41. The van der Waals surface area contributed by atoms with Crippen molar-refractivity contribution in [3.63, 3.8) is 0 Å². The molecule has 0 spiro atoms. The standard InChI is InChI=1S/C9H9.ClH.Zn/c1-2-5-9-7-3-6-8(9)4-1;;/h1,4-5H,3,6-7H2;1H;/q;;+1/p-1. The average molecular weight is 218 g/mol. The number of benzene rings is 1. The van der Waals surface area contributed by atoms with Gasteiger partial charge >= 0.3 is 78.6 Å². The van der Waals surface area contributed by atoms with Crippen LogP contribution < -0.4 is 4.16 Å². The average Bonchev–Trinajstić information content (AvgIpc) is 2.50. The molecular formula is C9H9ClZn. The molecule has 0 radical (unpaired) electrons. The fraction of sp³-hybridized carbons (Fsp3) is 0.333. The van der Waals surface area contributed by atoms with Crippen molar-refractivity contribution in [3.05, 3.63) is 29.3 Å². The van der Waals surface area contributed by atoms with Crippen LogP contribution in [0.1, 0.15) is 17.5 Å². The summed E-state index contributed by atoms with van der Waals surface area (Å²) in [7, 11) is 5.92. The van der Waals surface area contributed by atoms with Gasteiger partial charge in [0.25, 0.3) is 0 Å². The molecule has 0 bridgehead atoms. The van der Waals surface area contributed by atoms with Crippen molar-refractivity contribution < 1.29 is 16.1 Å². The molecule has 0 aliphatic heterocycles. The van der Waals surface area contributed by atoms with E-state index in [1.165, 1.54) is 23.4 Å². The first-order valence-corrected chi connectivity index (χ1v) is 9.45. The molecule has 0 aromatic heterocycles. The van der Waals surface area contributed by atoms with Crippen LogP contribution in [-0.4, -0.2) is 0 Å². The van der Waals surface area contributed by atoms with E-state index in [1.807, 2.05) is 0 Å². The summed E-state index contributed by atoms with van der Waals surface area (Å²) in [6.45, 7) is 0. The molecule has 2 rings (SSSR count). The third-order valence-corrected chi connectivity index (χ3v) is 5.49. The van der Waals surface area contributed by atoms with E-state index in [4.69, 9.17) is 9.69 Å². The van der Waals surface area contributed by atoms with Crippen LogP contribution in [-0.2, 0) is 29.0 Å². The molecule has 0 heterocycles. The third kappa shape index (κ3) is 1.50. The molecule has 0 atom stereocenters. The van der Waals surface area contributed by atoms with E-state index in [2.05, 4.69) is 18.2 Å². The van der Waals surface area contributed by atoms with Gasteiger partial charge in [0.1, 0.15) is 0 Å². The van der Waals surface area contributed by atoms with Gasteiger partial charge in [-0.2, -0.15) is 0 Å². The van der Waals surface area contributed by atoms with Crippen molar-refractivity contribution in [2.75, 3.05) is 0 Å². The van der Waals surface area contributed by atoms with E-state index >= 15 is 0 Å². The molecule has 0 nitrogen and oxygen atoms in total. The van der Waals surface area contributed by atoms with Crippen LogP contribution in [0.3, 0.4) is 0 Å². The topological polar surface area (TPSA) is 0 Å². The number of fused-ring (bicyclic) bond motifs is 1. The normalized spacial score (nSPS) is 14.3. The Morgan fingerprint density at radius 3 is 2.82 bits per heavy atom. The van der Waals surface area contributed by atoms with Gasteiger partial charge in [0.05, 0.1) is 0 Å². The van der Waals surface area contributed by atoms with E-state index < -0.39 is 16.1 Å². The van der Waals surface area contributed by atoms with Gasteiger partial charge in [-0.05, 0) is 0 Å². The quantitative estimate of drug-likeness (QED) is 0.632. The maximum atomic E-state index is 5.92. The number of aryl methyl sites for hydroxylation is 2. The summed E-state index contributed by atoms with van der Waals surface area (Å²) in [5.74, 6) is 0. The predicted octanol–water partition coefficient (Wildman–Crippen LogP) is 2.04. The van der Waals surface area contributed by atoms with Crippen molar-refractivity contribution in [3.8, 4) is 0 Å². The van der Waals surface area contributed by atoms with Crippen LogP contribution in [0.4, 0.5) is 0 Å². The summed E-state index contributed by atoms with van der Waals surface area (Å²) in [6, 6.07) is 6.82. The predicted molar refractivity (Wildman–Crippen MR) is 44.0 cm³/mol. The molecule has 1 aliphatic carbocycles. The molecule has 0 fully saturated rings. The van der Waals surface area contributed by atoms with Gasteiger partial charge in [-0.15, -0.1) is 0 Å². The summed E-state index contributed by atoms with van der Waals surface area (Å²) < 4.78 is 1.44. The fourth-order valence-electron chi connectivity index (χ4n) is 1.71. The van der Waals surface area contributed by atoms with Crippen LogP contribution in [0.5, 0.6) is 0 Å². The molecule has 54 valence electrons. The number of rotatable bonds is 1. The summed E-state index contributed by atoms with van der Waals surface area (Å²) in [5.41, 5.74) is 3.12. The van der Waals surface area contributed by atoms with Crippen molar-refractivity contribution in [1.82, 2.24) is 0 Å². The van der Waals surface area contributed by atoms with Crippen LogP contribution >= 0.6 is 9.69 Å². The second-order valence-corrected chi connectivity index (χ2v) is 6.75. The van der Waals surface area contributed by atoms with E-state index in [1.54, 1.807) is 11.1 Å². The zero-order chi connectivity index (χ0) is 7.68. The molecule has 0 saturated carbocycles. The SMILES string of the molecule is [Cl][Zn][c]1ccc2c(c1)CCC2. The molecule has 0 amide bonds. The Morgan fingerprint density at radius 1 is 1.18 bits per heavy atom. The first-order chi connectivity index (χ1) is 5.40. The molecule has 1 aliphatic rings. The molecule has 0 unspecified atom stereocenters. The van der Waals surface area contributed by atoms with E-state index in [0.29, 0.717) is 0 Å². The monoisotopic (exact) mass is 216 g/mol. The molecule has 1 aromatic carbocycles. The van der Waals surface area contributed by atoms with Crippen molar-refractivity contribution in [2.45, 2.75) is 19.3 Å². The molecule has 0 saturated heterocycles.